The van der Waals surface area contributed by atoms with Crippen molar-refractivity contribution in [1.82, 2.24) is 5.32 Å². The lowest BCUT2D eigenvalue weighted by atomic mass is 10.0. The number of nitrogens with one attached hydrogen (secondary N) is 1. The van der Waals surface area contributed by atoms with Gasteiger partial charge in [0.1, 0.15) is 0 Å². The summed E-state index contributed by atoms with van der Waals surface area (Å²) in [5.74, 6) is -0.105. The van der Waals surface area contributed by atoms with E-state index in [-0.39, 0.29) is 18.5 Å². The molecule has 0 aliphatic rings. The zero-order chi connectivity index (χ0) is 40.8. The Labute approximate surface area is 348 Å². The van der Waals surface area contributed by atoms with Gasteiger partial charge in [-0.25, -0.2) is 0 Å². The van der Waals surface area contributed by atoms with Crippen molar-refractivity contribution in [3.8, 4) is 0 Å². The van der Waals surface area contributed by atoms with E-state index < -0.39 is 12.1 Å². The van der Waals surface area contributed by atoms with E-state index in [1.807, 2.05) is 0 Å². The summed E-state index contributed by atoms with van der Waals surface area (Å²) in [6.07, 6.45) is 52.8. The molecule has 0 rings (SSSR count). The van der Waals surface area contributed by atoms with Crippen molar-refractivity contribution in [2.24, 2.45) is 0 Å². The summed E-state index contributed by atoms with van der Waals surface area (Å²) in [6.45, 7) is 4.86. The van der Waals surface area contributed by atoms with Crippen LogP contribution in [0.1, 0.15) is 258 Å². The van der Waals surface area contributed by atoms with Crippen molar-refractivity contribution in [2.75, 3.05) is 13.2 Å². The lowest BCUT2D eigenvalue weighted by Gasteiger charge is -2.22. The van der Waals surface area contributed by atoms with Gasteiger partial charge in [0.2, 0.25) is 5.91 Å². The minimum absolute atomic E-state index is 0.0395. The Morgan fingerprint density at radius 3 is 1.27 bits per heavy atom. The van der Waals surface area contributed by atoms with Gasteiger partial charge in [0.25, 0.3) is 0 Å². The number of esters is 1. The number of aliphatic hydroxyl groups is 2. The number of aliphatic hydroxyl groups excluding tert-OH is 2. The van der Waals surface area contributed by atoms with E-state index in [0.717, 1.165) is 83.5 Å². The second-order valence-electron chi connectivity index (χ2n) is 16.8. The molecule has 2 unspecified atom stereocenters. The third-order valence-electron chi connectivity index (χ3n) is 11.2. The Balaban J connectivity index is 3.52. The van der Waals surface area contributed by atoms with Gasteiger partial charge in [0.15, 0.2) is 0 Å². The summed E-state index contributed by atoms with van der Waals surface area (Å²) in [4.78, 5) is 24.4. The molecule has 6 heteroatoms. The van der Waals surface area contributed by atoms with Gasteiger partial charge >= 0.3 is 5.97 Å². The zero-order valence-electron chi connectivity index (χ0n) is 37.4. The molecule has 6 nitrogen and oxygen atoms in total. The van der Waals surface area contributed by atoms with Crippen molar-refractivity contribution >= 4 is 11.9 Å². The predicted molar refractivity (Wildman–Crippen MR) is 241 cm³/mol. The Bertz CT molecular complexity index is 874. The van der Waals surface area contributed by atoms with Crippen LogP contribution < -0.4 is 5.32 Å². The normalized spacial score (nSPS) is 12.9. The molecule has 0 aromatic carbocycles. The highest BCUT2D eigenvalue weighted by Gasteiger charge is 2.20. The number of carbonyl (C=O) groups excluding carboxylic acids is 2. The molecule has 0 spiro atoms. The Morgan fingerprint density at radius 1 is 0.482 bits per heavy atom. The third kappa shape index (κ3) is 42.0. The van der Waals surface area contributed by atoms with Crippen molar-refractivity contribution in [3.05, 3.63) is 24.3 Å². The topological polar surface area (TPSA) is 95.9 Å². The monoisotopic (exact) mass is 790 g/mol. The molecule has 0 saturated heterocycles. The largest absolute Gasteiger partial charge is 0.466 e. The summed E-state index contributed by atoms with van der Waals surface area (Å²) in [5.41, 5.74) is 0. The fourth-order valence-corrected chi connectivity index (χ4v) is 7.39. The molecule has 56 heavy (non-hydrogen) atoms. The number of ether oxygens (including phenoxy) is 1. The molecule has 0 aliphatic carbocycles. The quantitative estimate of drug-likeness (QED) is 0.0324. The van der Waals surface area contributed by atoms with Crippen molar-refractivity contribution < 1.29 is 24.5 Å². The lowest BCUT2D eigenvalue weighted by Crippen LogP contribution is -2.45. The van der Waals surface area contributed by atoms with Gasteiger partial charge in [-0.05, 0) is 77.0 Å². The average molecular weight is 790 g/mol. The maximum atomic E-state index is 12.4. The first-order valence-electron chi connectivity index (χ1n) is 24.6. The molecular formula is C50H95NO5. The molecule has 1 amide bonds. The number of rotatable bonds is 45. The highest BCUT2D eigenvalue weighted by atomic mass is 16.5. The Kier molecular flexibility index (Phi) is 44.7. The van der Waals surface area contributed by atoms with E-state index in [4.69, 9.17) is 4.74 Å². The smallest absolute Gasteiger partial charge is 0.305 e. The van der Waals surface area contributed by atoms with Crippen molar-refractivity contribution in [2.45, 2.75) is 270 Å². The first-order chi connectivity index (χ1) is 27.5. The number of carbonyl (C=O) groups is 2. The second kappa shape index (κ2) is 46.0. The molecule has 2 atom stereocenters. The van der Waals surface area contributed by atoms with Crippen LogP contribution in [0, 0.1) is 0 Å². The number of amides is 1. The molecule has 0 radical (unpaired) electrons. The van der Waals surface area contributed by atoms with Crippen LogP contribution in [0.4, 0.5) is 0 Å². The SMILES string of the molecule is CCCCCCCC/C=C\CCCCCCCC(=O)OCCCC/C=C\CCCCCCCC(=O)NC(CO)C(O)CCCCCCCCCCCCCCC. The van der Waals surface area contributed by atoms with Crippen LogP contribution in [0.25, 0.3) is 0 Å². The van der Waals surface area contributed by atoms with Crippen LogP contribution in [-0.4, -0.2) is 47.4 Å². The molecule has 3 N–H and O–H groups in total. The Morgan fingerprint density at radius 2 is 0.839 bits per heavy atom. The van der Waals surface area contributed by atoms with Gasteiger partial charge in [0, 0.05) is 12.8 Å². The molecule has 0 aromatic rings. The summed E-state index contributed by atoms with van der Waals surface area (Å²) in [7, 11) is 0. The molecule has 330 valence electrons. The van der Waals surface area contributed by atoms with Gasteiger partial charge in [-0.2, -0.15) is 0 Å². The molecule has 0 saturated carbocycles. The standard InChI is InChI=1S/C50H95NO5/c1-3-5-7-9-11-13-15-17-18-20-24-28-32-36-40-44-50(55)56-45-41-37-33-29-25-21-23-27-31-35-39-43-49(54)51-47(46-52)48(53)42-38-34-30-26-22-19-16-14-12-10-8-6-4-2/h17-18,25,29,47-48,52-53H,3-16,19-24,26-28,30-46H2,1-2H3,(H,51,54)/b18-17-,29-25-. The van der Waals surface area contributed by atoms with E-state index in [1.165, 1.54) is 141 Å². The van der Waals surface area contributed by atoms with Gasteiger partial charge in [-0.3, -0.25) is 9.59 Å². The molecule has 0 heterocycles. The first kappa shape index (κ1) is 54.3. The first-order valence-corrected chi connectivity index (χ1v) is 24.6. The average Bonchev–Trinajstić information content (AvgIpc) is 3.20. The van der Waals surface area contributed by atoms with Crippen molar-refractivity contribution in [3.63, 3.8) is 0 Å². The van der Waals surface area contributed by atoms with Gasteiger partial charge in [-0.1, -0.05) is 192 Å². The zero-order valence-corrected chi connectivity index (χ0v) is 37.4. The number of hydrogen-bond donors (Lipinski definition) is 3. The van der Waals surface area contributed by atoms with Crippen LogP contribution in [0.5, 0.6) is 0 Å². The summed E-state index contributed by atoms with van der Waals surface area (Å²) < 4.78 is 5.43. The number of unbranched alkanes of at least 4 members (excludes halogenated alkanes) is 30. The minimum atomic E-state index is -0.681. The number of allylic oxidation sites excluding steroid dienone is 4. The van der Waals surface area contributed by atoms with Crippen LogP contribution in [-0.2, 0) is 14.3 Å². The fraction of sp³-hybridized carbons (Fsp3) is 0.880. The van der Waals surface area contributed by atoms with E-state index >= 15 is 0 Å². The third-order valence-corrected chi connectivity index (χ3v) is 11.2. The summed E-state index contributed by atoms with van der Waals surface area (Å²) in [6, 6.07) is -0.561. The van der Waals surface area contributed by atoms with Gasteiger partial charge in [0.05, 0.1) is 25.4 Å². The highest BCUT2D eigenvalue weighted by molar-refractivity contribution is 5.76. The highest BCUT2D eigenvalue weighted by Crippen LogP contribution is 2.15. The maximum Gasteiger partial charge on any atom is 0.305 e. The maximum absolute atomic E-state index is 12.4. The molecular weight excluding hydrogens is 695 g/mol. The summed E-state index contributed by atoms with van der Waals surface area (Å²) >= 11 is 0. The van der Waals surface area contributed by atoms with Gasteiger partial charge in [-0.15, -0.1) is 0 Å². The molecule has 0 fully saturated rings. The molecule has 0 aliphatic heterocycles. The minimum Gasteiger partial charge on any atom is -0.466 e. The number of hydrogen-bond acceptors (Lipinski definition) is 5. The van der Waals surface area contributed by atoms with Crippen molar-refractivity contribution in [1.29, 1.82) is 0 Å². The lowest BCUT2D eigenvalue weighted by molar-refractivity contribution is -0.143. The molecule has 0 aromatic heterocycles. The van der Waals surface area contributed by atoms with Crippen LogP contribution >= 0.6 is 0 Å². The van der Waals surface area contributed by atoms with Gasteiger partial charge < -0.3 is 20.3 Å². The predicted octanol–water partition coefficient (Wildman–Crippen LogP) is 14.3. The Hall–Kier alpha value is -1.66. The van der Waals surface area contributed by atoms with E-state index in [0.29, 0.717) is 25.9 Å². The summed E-state index contributed by atoms with van der Waals surface area (Å²) in [5, 5.41) is 23.1. The van der Waals surface area contributed by atoms with E-state index in [9.17, 15) is 19.8 Å². The fourth-order valence-electron chi connectivity index (χ4n) is 7.39. The van der Waals surface area contributed by atoms with Crippen LogP contribution in [0.3, 0.4) is 0 Å². The van der Waals surface area contributed by atoms with E-state index in [1.54, 1.807) is 0 Å². The molecule has 0 bridgehead atoms. The van der Waals surface area contributed by atoms with Crippen LogP contribution in [0.15, 0.2) is 24.3 Å². The van der Waals surface area contributed by atoms with Crippen LogP contribution in [0.2, 0.25) is 0 Å². The second-order valence-corrected chi connectivity index (χ2v) is 16.8. The van der Waals surface area contributed by atoms with E-state index in [2.05, 4.69) is 43.5 Å².